The summed E-state index contributed by atoms with van der Waals surface area (Å²) in [4.78, 5) is 0. The number of hydrogen-bond acceptors (Lipinski definition) is 3. The number of rotatable bonds is 4. The Labute approximate surface area is 151 Å². The van der Waals surface area contributed by atoms with Crippen LogP contribution < -0.4 is 10.2 Å². The van der Waals surface area contributed by atoms with Crippen molar-refractivity contribution in [1.82, 2.24) is 0 Å². The van der Waals surface area contributed by atoms with Gasteiger partial charge in [-0.3, -0.25) is 0 Å². The highest BCUT2D eigenvalue weighted by Gasteiger charge is 2.52. The molecule has 1 aromatic carbocycles. The molecule has 1 aromatic rings. The van der Waals surface area contributed by atoms with E-state index in [1.807, 2.05) is 33.8 Å². The predicted octanol–water partition coefficient (Wildman–Crippen LogP) is 4.47. The fraction of sp³-hybridized carbons (Fsp3) is 0.700. The third-order valence-electron chi connectivity index (χ3n) is 6.13. The van der Waals surface area contributed by atoms with Crippen LogP contribution in [0, 0.1) is 11.7 Å². The van der Waals surface area contributed by atoms with Gasteiger partial charge in [0.25, 0.3) is 0 Å². The zero-order chi connectivity index (χ0) is 18.2. The van der Waals surface area contributed by atoms with Gasteiger partial charge < -0.3 is 14.0 Å². The van der Waals surface area contributed by atoms with Crippen LogP contribution in [0.15, 0.2) is 18.2 Å². The number of halogens is 1. The second-order valence-electron chi connectivity index (χ2n) is 8.47. The lowest BCUT2D eigenvalue weighted by Gasteiger charge is -2.32. The SMILES string of the molecule is CC(Oc1cccc(B2OC(C)(C)C(C)(C)O2)c1F)C1CCCCC1. The first kappa shape index (κ1) is 18.7. The van der Waals surface area contributed by atoms with Crippen molar-refractivity contribution in [2.75, 3.05) is 0 Å². The maximum Gasteiger partial charge on any atom is 0.497 e. The van der Waals surface area contributed by atoms with Crippen LogP contribution >= 0.6 is 0 Å². The lowest BCUT2D eigenvalue weighted by atomic mass is 9.78. The van der Waals surface area contributed by atoms with Crippen LogP contribution in [0.2, 0.25) is 0 Å². The van der Waals surface area contributed by atoms with Crippen molar-refractivity contribution >= 4 is 12.6 Å². The minimum Gasteiger partial charge on any atom is -0.487 e. The molecule has 1 unspecified atom stereocenters. The molecule has 3 rings (SSSR count). The maximum absolute atomic E-state index is 15.1. The summed E-state index contributed by atoms with van der Waals surface area (Å²) in [6.07, 6.45) is 6.14. The summed E-state index contributed by atoms with van der Waals surface area (Å²) in [5.74, 6) is 0.433. The van der Waals surface area contributed by atoms with Gasteiger partial charge in [-0.1, -0.05) is 31.4 Å². The Morgan fingerprint density at radius 2 is 1.68 bits per heavy atom. The third kappa shape index (κ3) is 3.73. The molecular weight excluding hydrogens is 318 g/mol. The molecule has 1 heterocycles. The fourth-order valence-corrected chi connectivity index (χ4v) is 3.67. The molecule has 0 spiro atoms. The molecule has 2 aliphatic rings. The Bertz CT molecular complexity index is 595. The molecule has 2 fully saturated rings. The second kappa shape index (κ2) is 6.92. The molecule has 0 bridgehead atoms. The Morgan fingerprint density at radius 3 is 2.28 bits per heavy atom. The molecule has 1 saturated carbocycles. The average Bonchev–Trinajstić information content (AvgIpc) is 2.78. The van der Waals surface area contributed by atoms with Crippen molar-refractivity contribution in [3.63, 3.8) is 0 Å². The van der Waals surface area contributed by atoms with Crippen LogP contribution in [0.1, 0.15) is 66.7 Å². The van der Waals surface area contributed by atoms with Crippen LogP contribution in [0.4, 0.5) is 4.39 Å². The van der Waals surface area contributed by atoms with E-state index >= 15 is 4.39 Å². The fourth-order valence-electron chi connectivity index (χ4n) is 3.67. The Kier molecular flexibility index (Phi) is 5.18. The number of hydrogen-bond donors (Lipinski definition) is 0. The summed E-state index contributed by atoms with van der Waals surface area (Å²) in [6, 6.07) is 5.23. The summed E-state index contributed by atoms with van der Waals surface area (Å²) >= 11 is 0. The van der Waals surface area contributed by atoms with Gasteiger partial charge in [0.15, 0.2) is 11.6 Å². The first-order valence-electron chi connectivity index (χ1n) is 9.52. The van der Waals surface area contributed by atoms with Gasteiger partial charge in [-0.05, 0) is 59.4 Å². The quantitative estimate of drug-likeness (QED) is 0.752. The summed E-state index contributed by atoms with van der Waals surface area (Å²) in [5.41, 5.74) is -0.570. The predicted molar refractivity (Wildman–Crippen MR) is 98.8 cm³/mol. The van der Waals surface area contributed by atoms with Crippen molar-refractivity contribution in [2.45, 2.75) is 84.0 Å². The number of benzene rings is 1. The van der Waals surface area contributed by atoms with E-state index < -0.39 is 18.3 Å². The van der Waals surface area contributed by atoms with Gasteiger partial charge in [0.1, 0.15) is 0 Å². The Balaban J connectivity index is 1.76. The van der Waals surface area contributed by atoms with Crippen LogP contribution in [-0.4, -0.2) is 24.4 Å². The standard InChI is InChI=1S/C20H30BFO3/c1-14(15-10-7-6-8-11-15)23-17-13-9-12-16(18(17)22)21-24-19(2,3)20(4,5)25-21/h9,12-15H,6-8,10-11H2,1-5H3. The maximum atomic E-state index is 15.1. The molecule has 25 heavy (non-hydrogen) atoms. The molecule has 0 radical (unpaired) electrons. The summed E-state index contributed by atoms with van der Waals surface area (Å²) in [7, 11) is -0.710. The molecule has 1 aliphatic heterocycles. The van der Waals surface area contributed by atoms with Crippen molar-refractivity contribution in [3.05, 3.63) is 24.0 Å². The average molecular weight is 348 g/mol. The van der Waals surface area contributed by atoms with Crippen LogP contribution in [0.3, 0.4) is 0 Å². The van der Waals surface area contributed by atoms with Crippen molar-refractivity contribution in [2.24, 2.45) is 5.92 Å². The molecule has 1 atom stereocenters. The summed E-state index contributed by atoms with van der Waals surface area (Å²) < 4.78 is 33.1. The van der Waals surface area contributed by atoms with Crippen LogP contribution in [-0.2, 0) is 9.31 Å². The van der Waals surface area contributed by atoms with E-state index in [0.29, 0.717) is 17.1 Å². The molecule has 138 valence electrons. The van der Waals surface area contributed by atoms with Crippen LogP contribution in [0.5, 0.6) is 5.75 Å². The monoisotopic (exact) mass is 348 g/mol. The lowest BCUT2D eigenvalue weighted by Crippen LogP contribution is -2.41. The van der Waals surface area contributed by atoms with E-state index in [4.69, 9.17) is 14.0 Å². The first-order valence-corrected chi connectivity index (χ1v) is 9.52. The first-order chi connectivity index (χ1) is 11.7. The number of ether oxygens (including phenoxy) is 1. The third-order valence-corrected chi connectivity index (χ3v) is 6.13. The van der Waals surface area contributed by atoms with Gasteiger partial charge in [-0.25, -0.2) is 4.39 Å². The van der Waals surface area contributed by atoms with E-state index in [0.717, 1.165) is 0 Å². The van der Waals surface area contributed by atoms with Gasteiger partial charge in [0.2, 0.25) is 0 Å². The van der Waals surface area contributed by atoms with Gasteiger partial charge in [-0.15, -0.1) is 0 Å². The summed E-state index contributed by atoms with van der Waals surface area (Å²) in [5, 5.41) is 0. The molecular formula is C20H30BFO3. The molecule has 5 heteroatoms. The van der Waals surface area contributed by atoms with Gasteiger partial charge in [-0.2, -0.15) is 0 Å². The molecule has 1 aliphatic carbocycles. The zero-order valence-electron chi connectivity index (χ0n) is 16.1. The van der Waals surface area contributed by atoms with Crippen LogP contribution in [0.25, 0.3) is 0 Å². The minimum atomic E-state index is -0.710. The summed E-state index contributed by atoms with van der Waals surface area (Å²) in [6.45, 7) is 9.93. The van der Waals surface area contributed by atoms with E-state index in [-0.39, 0.29) is 11.9 Å². The molecule has 3 nitrogen and oxygen atoms in total. The normalized spacial score (nSPS) is 24.3. The van der Waals surface area contributed by atoms with Crippen molar-refractivity contribution in [1.29, 1.82) is 0 Å². The highest BCUT2D eigenvalue weighted by Crippen LogP contribution is 2.37. The van der Waals surface area contributed by atoms with Crippen molar-refractivity contribution in [3.8, 4) is 5.75 Å². The topological polar surface area (TPSA) is 27.7 Å². The van der Waals surface area contributed by atoms with E-state index in [9.17, 15) is 0 Å². The molecule has 1 saturated heterocycles. The smallest absolute Gasteiger partial charge is 0.487 e. The Hall–Kier alpha value is -1.07. The zero-order valence-corrected chi connectivity index (χ0v) is 16.1. The lowest BCUT2D eigenvalue weighted by molar-refractivity contribution is 0.00578. The van der Waals surface area contributed by atoms with Crippen molar-refractivity contribution < 1.29 is 18.4 Å². The van der Waals surface area contributed by atoms with Gasteiger partial charge in [0.05, 0.1) is 17.3 Å². The minimum absolute atomic E-state index is 0.0170. The Morgan fingerprint density at radius 1 is 1.08 bits per heavy atom. The molecule has 0 aromatic heterocycles. The van der Waals surface area contributed by atoms with Gasteiger partial charge in [0, 0.05) is 5.46 Å². The largest absolute Gasteiger partial charge is 0.497 e. The molecule has 0 N–H and O–H groups in total. The van der Waals surface area contributed by atoms with Gasteiger partial charge >= 0.3 is 7.12 Å². The second-order valence-corrected chi connectivity index (χ2v) is 8.47. The highest BCUT2D eigenvalue weighted by molar-refractivity contribution is 6.62. The van der Waals surface area contributed by atoms with E-state index in [1.165, 1.54) is 32.1 Å². The molecule has 0 amide bonds. The van der Waals surface area contributed by atoms with E-state index in [2.05, 4.69) is 6.92 Å². The highest BCUT2D eigenvalue weighted by atomic mass is 19.1. The van der Waals surface area contributed by atoms with E-state index in [1.54, 1.807) is 12.1 Å².